The van der Waals surface area contributed by atoms with E-state index in [0.29, 0.717) is 0 Å². The van der Waals surface area contributed by atoms with Crippen molar-refractivity contribution in [1.29, 1.82) is 0 Å². The molecule has 0 aliphatic carbocycles. The Morgan fingerprint density at radius 1 is 1.05 bits per heavy atom. The molecule has 0 aliphatic rings. The van der Waals surface area contributed by atoms with Crippen molar-refractivity contribution in [1.82, 2.24) is 9.80 Å². The average molecular weight is 376 g/mol. The highest BCUT2D eigenvalue weighted by Crippen LogP contribution is 2.42. The van der Waals surface area contributed by atoms with Gasteiger partial charge in [0.05, 0.1) is 9.51 Å². The summed E-state index contributed by atoms with van der Waals surface area (Å²) < 4.78 is 1.42. The van der Waals surface area contributed by atoms with Gasteiger partial charge in [0.25, 0.3) is 5.69 Å². The van der Waals surface area contributed by atoms with Crippen LogP contribution < -0.4 is 0 Å². The fourth-order valence-electron chi connectivity index (χ4n) is 1.31. The number of hydrogen-bond acceptors (Lipinski definition) is 6. The topological polar surface area (TPSA) is 49.6 Å². The second-order valence-electron chi connectivity index (χ2n) is 4.74. The lowest BCUT2D eigenvalue weighted by molar-refractivity contribution is -0.384. The molecule has 0 bridgehead atoms. The van der Waals surface area contributed by atoms with E-state index in [2.05, 4.69) is 0 Å². The molecule has 0 atom stereocenters. The molecule has 0 saturated carbocycles. The first-order valence-electron chi connectivity index (χ1n) is 6.22. The molecule has 1 rings (SSSR count). The van der Waals surface area contributed by atoms with Gasteiger partial charge in [-0.15, -0.1) is 0 Å². The summed E-state index contributed by atoms with van der Waals surface area (Å²) in [7, 11) is 7.54. The Morgan fingerprint density at radius 3 is 1.77 bits per heavy atom. The first-order valence-corrected chi connectivity index (χ1v) is 8.80. The minimum absolute atomic E-state index is 0.0504. The van der Waals surface area contributed by atoms with Crippen LogP contribution in [-0.4, -0.2) is 51.6 Å². The molecule has 0 fully saturated rings. The summed E-state index contributed by atoms with van der Waals surface area (Å²) in [5, 5.41) is 10.8. The monoisotopic (exact) mass is 375 g/mol. The summed E-state index contributed by atoms with van der Waals surface area (Å²) in [6.45, 7) is 0. The number of nitrogens with zero attached hydrogens (tertiary/aromatic N) is 3. The first-order chi connectivity index (χ1) is 10.2. The van der Waals surface area contributed by atoms with Gasteiger partial charge in [0.15, 0.2) is 0 Å². The third kappa shape index (κ3) is 5.71. The number of rotatable bonds is 4. The lowest BCUT2D eigenvalue weighted by atomic mass is 10.2. The van der Waals surface area contributed by atoms with E-state index in [1.165, 1.54) is 35.7 Å². The van der Waals surface area contributed by atoms with Gasteiger partial charge < -0.3 is 9.80 Å². The lowest BCUT2D eigenvalue weighted by Crippen LogP contribution is -2.19. The Kier molecular flexibility index (Phi) is 7.54. The van der Waals surface area contributed by atoms with Crippen molar-refractivity contribution in [3.63, 3.8) is 0 Å². The zero-order valence-electron chi connectivity index (χ0n) is 12.7. The Morgan fingerprint density at radius 2 is 1.45 bits per heavy atom. The summed E-state index contributed by atoms with van der Waals surface area (Å²) in [5.41, 5.74) is 1.01. The van der Waals surface area contributed by atoms with E-state index >= 15 is 0 Å². The van der Waals surface area contributed by atoms with Crippen LogP contribution in [0.4, 0.5) is 5.69 Å². The van der Waals surface area contributed by atoms with E-state index in [9.17, 15) is 10.1 Å². The van der Waals surface area contributed by atoms with Crippen LogP contribution in [0.15, 0.2) is 24.3 Å². The minimum atomic E-state index is -0.409. The summed E-state index contributed by atoms with van der Waals surface area (Å²) >= 11 is 13.7. The second-order valence-corrected chi connectivity index (χ2v) is 8.51. The smallest absolute Gasteiger partial charge is 0.269 e. The number of thioether (sulfide) groups is 2. The quantitative estimate of drug-likeness (QED) is 0.341. The Labute approximate surface area is 149 Å². The van der Waals surface area contributed by atoms with Crippen molar-refractivity contribution in [2.75, 3.05) is 28.2 Å². The maximum absolute atomic E-state index is 10.8. The molecule has 0 aromatic heterocycles. The molecule has 120 valence electrons. The molecule has 1 aromatic rings. The number of nitro groups is 1. The summed E-state index contributed by atoms with van der Waals surface area (Å²) in [6.07, 6.45) is 0. The van der Waals surface area contributed by atoms with E-state index < -0.39 is 4.92 Å². The van der Waals surface area contributed by atoms with Gasteiger partial charge in [0.1, 0.15) is 8.64 Å². The van der Waals surface area contributed by atoms with Gasteiger partial charge in [0, 0.05) is 40.3 Å². The number of thiocarbonyl (C=S) groups is 2. The molecular weight excluding hydrogens is 358 g/mol. The molecule has 0 radical (unpaired) electrons. The third-order valence-electron chi connectivity index (χ3n) is 2.52. The summed E-state index contributed by atoms with van der Waals surface area (Å²) in [4.78, 5) is 14.1. The standard InChI is InChI=1S/C13H17N3O2S4/c1-14(2)12(19)21-11(22-13(20)15(3)4)9-5-7-10(8-6-9)16(17)18/h5-8,11H,1-4H3. The maximum Gasteiger partial charge on any atom is 0.269 e. The van der Waals surface area contributed by atoms with Crippen LogP contribution in [-0.2, 0) is 0 Å². The van der Waals surface area contributed by atoms with Gasteiger partial charge in [-0.1, -0.05) is 60.1 Å². The highest BCUT2D eigenvalue weighted by Gasteiger charge is 2.20. The second kappa shape index (κ2) is 8.66. The van der Waals surface area contributed by atoms with Gasteiger partial charge in [-0.05, 0) is 5.56 Å². The molecule has 0 N–H and O–H groups in total. The maximum atomic E-state index is 10.8. The van der Waals surface area contributed by atoms with Crippen LogP contribution in [0.5, 0.6) is 0 Å². The van der Waals surface area contributed by atoms with E-state index in [-0.39, 0.29) is 10.3 Å². The predicted octanol–water partition coefficient (Wildman–Crippen LogP) is 3.75. The Balaban J connectivity index is 2.99. The molecular formula is C13H17N3O2S4. The van der Waals surface area contributed by atoms with Crippen molar-refractivity contribution in [3.05, 3.63) is 39.9 Å². The van der Waals surface area contributed by atoms with E-state index in [4.69, 9.17) is 24.4 Å². The molecule has 0 amide bonds. The highest BCUT2D eigenvalue weighted by atomic mass is 32.2. The van der Waals surface area contributed by atoms with Crippen LogP contribution in [0.1, 0.15) is 10.1 Å². The Hall–Kier alpha value is -0.900. The number of non-ortho nitro benzene ring substituents is 1. The first kappa shape index (κ1) is 19.1. The molecule has 9 heteroatoms. The molecule has 0 heterocycles. The average Bonchev–Trinajstić information content (AvgIpc) is 2.46. The molecule has 1 aromatic carbocycles. The van der Waals surface area contributed by atoms with E-state index in [1.807, 2.05) is 38.0 Å². The molecule has 0 spiro atoms. The summed E-state index contributed by atoms with van der Waals surface area (Å²) in [6, 6.07) is 6.50. The summed E-state index contributed by atoms with van der Waals surface area (Å²) in [5.74, 6) is 0. The van der Waals surface area contributed by atoms with Crippen LogP contribution in [0, 0.1) is 10.1 Å². The van der Waals surface area contributed by atoms with Gasteiger partial charge >= 0.3 is 0 Å². The Bertz CT molecular complexity index is 539. The van der Waals surface area contributed by atoms with Crippen molar-refractivity contribution < 1.29 is 4.92 Å². The van der Waals surface area contributed by atoms with Crippen LogP contribution in [0.25, 0.3) is 0 Å². The highest BCUT2D eigenvalue weighted by molar-refractivity contribution is 8.35. The van der Waals surface area contributed by atoms with Gasteiger partial charge in [0.2, 0.25) is 0 Å². The van der Waals surface area contributed by atoms with Gasteiger partial charge in [-0.25, -0.2) is 0 Å². The molecule has 22 heavy (non-hydrogen) atoms. The zero-order chi connectivity index (χ0) is 16.9. The van der Waals surface area contributed by atoms with Crippen molar-refractivity contribution in [3.8, 4) is 0 Å². The molecule has 0 unspecified atom stereocenters. The molecule has 5 nitrogen and oxygen atoms in total. The van der Waals surface area contributed by atoms with E-state index in [0.717, 1.165) is 14.2 Å². The SMILES string of the molecule is CN(C)C(=S)SC(SC(=S)N(C)C)c1ccc([N+](=O)[O-])cc1. The number of nitro benzene ring substituents is 1. The third-order valence-corrected chi connectivity index (χ3v) is 6.51. The van der Waals surface area contributed by atoms with Crippen LogP contribution >= 0.6 is 48.0 Å². The predicted molar refractivity (Wildman–Crippen MR) is 104 cm³/mol. The molecule has 0 saturated heterocycles. The number of benzene rings is 1. The van der Waals surface area contributed by atoms with Crippen molar-refractivity contribution in [2.45, 2.75) is 4.58 Å². The van der Waals surface area contributed by atoms with Gasteiger partial charge in [-0.2, -0.15) is 0 Å². The zero-order valence-corrected chi connectivity index (χ0v) is 15.9. The van der Waals surface area contributed by atoms with Crippen LogP contribution in [0.2, 0.25) is 0 Å². The van der Waals surface area contributed by atoms with E-state index in [1.54, 1.807) is 12.1 Å². The fourth-order valence-corrected chi connectivity index (χ4v) is 4.36. The number of hydrogen-bond donors (Lipinski definition) is 0. The van der Waals surface area contributed by atoms with Crippen molar-refractivity contribution in [2.24, 2.45) is 0 Å². The normalized spacial score (nSPS) is 10.4. The van der Waals surface area contributed by atoms with Crippen LogP contribution in [0.3, 0.4) is 0 Å². The van der Waals surface area contributed by atoms with Gasteiger partial charge in [-0.3, -0.25) is 10.1 Å². The minimum Gasteiger partial charge on any atom is -0.364 e. The molecule has 0 aliphatic heterocycles. The lowest BCUT2D eigenvalue weighted by Gasteiger charge is -2.22. The largest absolute Gasteiger partial charge is 0.364 e. The van der Waals surface area contributed by atoms with Crippen molar-refractivity contribution >= 4 is 62.3 Å². The fraction of sp³-hybridized carbons (Fsp3) is 0.385.